The molecule has 0 bridgehead atoms. The van der Waals surface area contributed by atoms with Gasteiger partial charge in [-0.25, -0.2) is 9.89 Å². The summed E-state index contributed by atoms with van der Waals surface area (Å²) in [5.41, 5.74) is 3.36. The molecule has 10 nitrogen and oxygen atoms in total. The topological polar surface area (TPSA) is 115 Å². The van der Waals surface area contributed by atoms with E-state index in [1.165, 1.54) is 4.68 Å². The molecule has 3 N–H and O–H groups in total. The van der Waals surface area contributed by atoms with E-state index < -0.39 is 11.6 Å². The third-order valence-corrected chi connectivity index (χ3v) is 6.92. The van der Waals surface area contributed by atoms with Crippen molar-refractivity contribution < 1.29 is 4.79 Å². The van der Waals surface area contributed by atoms with Gasteiger partial charge >= 0.3 is 5.69 Å². The molecular weight excluding hydrogens is 491 g/mol. The minimum atomic E-state index is -0.454. The van der Waals surface area contributed by atoms with Crippen molar-refractivity contribution in [2.75, 3.05) is 41.3 Å². The van der Waals surface area contributed by atoms with Crippen LogP contribution in [0, 0.1) is 6.92 Å². The van der Waals surface area contributed by atoms with Crippen LogP contribution in [-0.2, 0) is 0 Å². The number of benzene rings is 2. The van der Waals surface area contributed by atoms with Gasteiger partial charge in [0.05, 0.1) is 27.1 Å². The lowest BCUT2D eigenvalue weighted by Gasteiger charge is -2.38. The molecule has 180 valence electrons. The second kappa shape index (κ2) is 9.47. The van der Waals surface area contributed by atoms with Crippen molar-refractivity contribution in [3.63, 3.8) is 0 Å². The summed E-state index contributed by atoms with van der Waals surface area (Å²) in [7, 11) is 0. The summed E-state index contributed by atoms with van der Waals surface area (Å²) >= 11 is 12.4. The van der Waals surface area contributed by atoms with E-state index in [2.05, 4.69) is 47.8 Å². The zero-order chi connectivity index (χ0) is 24.5. The average Bonchev–Trinajstić information content (AvgIpc) is 3.43. The molecule has 1 fully saturated rings. The maximum absolute atomic E-state index is 13.0. The number of carbonyl (C=O) groups excluding carboxylic acids is 1. The van der Waals surface area contributed by atoms with E-state index in [0.29, 0.717) is 35.2 Å². The first kappa shape index (κ1) is 23.0. The minimum absolute atomic E-state index is 0.172. The van der Waals surface area contributed by atoms with Crippen molar-refractivity contribution >= 4 is 46.2 Å². The number of hydrogen-bond donors (Lipinski definition) is 3. The summed E-state index contributed by atoms with van der Waals surface area (Å²) in [6, 6.07) is 15.5. The van der Waals surface area contributed by atoms with E-state index in [4.69, 9.17) is 23.2 Å². The third kappa shape index (κ3) is 4.50. The number of aryl methyl sites for hydroxylation is 1. The Labute approximate surface area is 210 Å². The number of H-pyrrole nitrogens is 2. The highest BCUT2D eigenvalue weighted by Crippen LogP contribution is 2.33. The maximum atomic E-state index is 13.0. The molecule has 0 atom stereocenters. The molecule has 2 aromatic heterocycles. The molecule has 1 saturated heterocycles. The van der Waals surface area contributed by atoms with Crippen LogP contribution in [0.25, 0.3) is 5.69 Å². The molecular formula is C23H22Cl2N8O2. The highest BCUT2D eigenvalue weighted by atomic mass is 35.5. The molecule has 0 spiro atoms. The maximum Gasteiger partial charge on any atom is 0.365 e. The molecule has 2 aromatic carbocycles. The molecule has 35 heavy (non-hydrogen) atoms. The molecule has 0 saturated carbocycles. The van der Waals surface area contributed by atoms with Crippen LogP contribution < -0.4 is 20.8 Å². The first-order valence-electron chi connectivity index (χ1n) is 11.0. The largest absolute Gasteiger partial charge is 0.368 e. The molecule has 1 aliphatic heterocycles. The van der Waals surface area contributed by atoms with Gasteiger partial charge < -0.3 is 20.1 Å². The normalized spacial score (nSPS) is 13.8. The number of tetrazole rings is 1. The van der Waals surface area contributed by atoms with Crippen molar-refractivity contribution in [2.24, 2.45) is 0 Å². The van der Waals surface area contributed by atoms with E-state index in [9.17, 15) is 9.59 Å². The predicted molar refractivity (Wildman–Crippen MR) is 136 cm³/mol. The molecule has 1 aliphatic rings. The van der Waals surface area contributed by atoms with Crippen molar-refractivity contribution in [3.05, 3.63) is 80.4 Å². The van der Waals surface area contributed by atoms with Crippen molar-refractivity contribution in [1.29, 1.82) is 0 Å². The Balaban J connectivity index is 1.45. The standard InChI is InChI=1S/C23H22Cl2N8O2/c1-14-19(24)20(25)21(26-14)22(34)27-17-8-7-16(33-23(35)28-29-30-33)13-18(17)32-11-9-31(10-12-32)15-5-3-2-4-6-15/h2-8,13,26H,9-12H2,1H3,(H,27,34)(H,28,30,35). The Morgan fingerprint density at radius 3 is 2.31 bits per heavy atom. The molecule has 1 amide bonds. The van der Waals surface area contributed by atoms with Gasteiger partial charge in [0.15, 0.2) is 0 Å². The van der Waals surface area contributed by atoms with Crippen LogP contribution in [0.4, 0.5) is 17.1 Å². The van der Waals surface area contributed by atoms with Gasteiger partial charge in [-0.15, -0.1) is 0 Å². The first-order valence-corrected chi connectivity index (χ1v) is 11.7. The van der Waals surface area contributed by atoms with Crippen LogP contribution in [0.15, 0.2) is 53.3 Å². The number of amides is 1. The zero-order valence-corrected chi connectivity index (χ0v) is 20.3. The van der Waals surface area contributed by atoms with E-state index >= 15 is 0 Å². The summed E-state index contributed by atoms with van der Waals surface area (Å²) in [5, 5.41) is 13.1. The summed E-state index contributed by atoms with van der Waals surface area (Å²) < 4.78 is 1.17. The number of rotatable bonds is 5. The second-order valence-corrected chi connectivity index (χ2v) is 8.89. The Morgan fingerprint density at radius 2 is 1.69 bits per heavy atom. The summed E-state index contributed by atoms with van der Waals surface area (Å²) in [4.78, 5) is 32.5. The van der Waals surface area contributed by atoms with Crippen LogP contribution in [0.3, 0.4) is 0 Å². The fourth-order valence-electron chi connectivity index (χ4n) is 4.14. The summed E-state index contributed by atoms with van der Waals surface area (Å²) in [6.45, 7) is 4.75. The Morgan fingerprint density at radius 1 is 0.971 bits per heavy atom. The van der Waals surface area contributed by atoms with Crippen LogP contribution in [-0.4, -0.2) is 57.3 Å². The monoisotopic (exact) mass is 512 g/mol. The van der Waals surface area contributed by atoms with Gasteiger partial charge in [-0.1, -0.05) is 41.4 Å². The molecule has 3 heterocycles. The van der Waals surface area contributed by atoms with E-state index in [1.807, 2.05) is 24.3 Å². The van der Waals surface area contributed by atoms with Gasteiger partial charge in [0.1, 0.15) is 5.69 Å². The SMILES string of the molecule is Cc1[nH]c(C(=O)Nc2ccc(-n3nn[nH]c3=O)cc2N2CCN(c3ccccc3)CC2)c(Cl)c1Cl. The highest BCUT2D eigenvalue weighted by molar-refractivity contribution is 6.44. The molecule has 5 rings (SSSR count). The lowest BCUT2D eigenvalue weighted by atomic mass is 10.1. The lowest BCUT2D eigenvalue weighted by Crippen LogP contribution is -2.46. The smallest absolute Gasteiger partial charge is 0.365 e. The molecule has 0 aliphatic carbocycles. The number of halogens is 2. The van der Waals surface area contributed by atoms with Gasteiger partial charge in [0, 0.05) is 37.6 Å². The van der Waals surface area contributed by atoms with Crippen LogP contribution >= 0.6 is 23.2 Å². The molecule has 4 aromatic rings. The molecule has 12 heteroatoms. The van der Waals surface area contributed by atoms with E-state index in [0.717, 1.165) is 24.5 Å². The molecule has 0 unspecified atom stereocenters. The zero-order valence-electron chi connectivity index (χ0n) is 18.8. The Kier molecular flexibility index (Phi) is 6.23. The second-order valence-electron chi connectivity index (χ2n) is 8.14. The number of carbonyl (C=O) groups is 1. The lowest BCUT2D eigenvalue weighted by molar-refractivity contribution is 0.102. The number of nitrogens with one attached hydrogen (secondary N) is 3. The van der Waals surface area contributed by atoms with Gasteiger partial charge in [-0.3, -0.25) is 4.79 Å². The average molecular weight is 513 g/mol. The number of nitrogens with zero attached hydrogens (tertiary/aromatic N) is 5. The van der Waals surface area contributed by atoms with Crippen molar-refractivity contribution in [3.8, 4) is 5.69 Å². The van der Waals surface area contributed by atoms with Crippen LogP contribution in [0.5, 0.6) is 0 Å². The number of aromatic amines is 2. The summed E-state index contributed by atoms with van der Waals surface area (Å²) in [5.74, 6) is -0.416. The van der Waals surface area contributed by atoms with Gasteiger partial charge in [0.25, 0.3) is 5.91 Å². The Hall–Kier alpha value is -3.76. The number of para-hydroxylation sites is 1. The van der Waals surface area contributed by atoms with Crippen LogP contribution in [0.1, 0.15) is 16.2 Å². The summed E-state index contributed by atoms with van der Waals surface area (Å²) in [6.07, 6.45) is 0. The highest BCUT2D eigenvalue weighted by Gasteiger charge is 2.23. The Bertz CT molecular complexity index is 1420. The van der Waals surface area contributed by atoms with Gasteiger partial charge in [-0.2, -0.15) is 4.68 Å². The fourth-order valence-corrected chi connectivity index (χ4v) is 4.56. The van der Waals surface area contributed by atoms with E-state index in [-0.39, 0.29) is 10.7 Å². The molecule has 0 radical (unpaired) electrons. The number of piperazine rings is 1. The van der Waals surface area contributed by atoms with Crippen LogP contribution in [0.2, 0.25) is 10.0 Å². The number of hydrogen-bond acceptors (Lipinski definition) is 6. The van der Waals surface area contributed by atoms with Crippen molar-refractivity contribution in [2.45, 2.75) is 6.92 Å². The predicted octanol–water partition coefficient (Wildman–Crippen LogP) is 3.48. The number of anilines is 3. The van der Waals surface area contributed by atoms with Gasteiger partial charge in [-0.05, 0) is 47.7 Å². The quantitative estimate of drug-likeness (QED) is 0.377. The minimum Gasteiger partial charge on any atom is -0.368 e. The van der Waals surface area contributed by atoms with E-state index in [1.54, 1.807) is 19.1 Å². The third-order valence-electron chi connectivity index (χ3n) is 5.97. The van der Waals surface area contributed by atoms with Crippen molar-refractivity contribution in [1.82, 2.24) is 25.2 Å². The fraction of sp³-hybridized carbons (Fsp3) is 0.217. The number of aromatic nitrogens is 5. The first-order chi connectivity index (χ1) is 16.9. The van der Waals surface area contributed by atoms with Gasteiger partial charge in [0.2, 0.25) is 0 Å².